The van der Waals surface area contributed by atoms with Gasteiger partial charge in [0.2, 0.25) is 5.95 Å². The average Bonchev–Trinajstić information content (AvgIpc) is 3.98. The van der Waals surface area contributed by atoms with Crippen LogP contribution in [-0.4, -0.2) is 19.5 Å². The summed E-state index contributed by atoms with van der Waals surface area (Å²) in [5.74, 6) is 0.295. The molecule has 0 saturated heterocycles. The second-order valence-corrected chi connectivity index (χ2v) is 13.0. The summed E-state index contributed by atoms with van der Waals surface area (Å²) >= 11 is 1.67. The maximum atomic E-state index is 9.62. The highest BCUT2D eigenvalue weighted by Gasteiger charge is 2.22. The maximum absolute atomic E-state index is 9.62. The largest absolute Gasteiger partial charge is 0.456 e. The molecule has 51 heavy (non-hydrogen) atoms. The molecule has 11 aromatic rings. The molecule has 0 unspecified atom stereocenters. The molecule has 0 aliphatic rings. The van der Waals surface area contributed by atoms with Gasteiger partial charge in [-0.3, -0.25) is 4.57 Å². The van der Waals surface area contributed by atoms with Gasteiger partial charge in [0.05, 0.1) is 26.1 Å². The Bertz CT molecular complexity index is 3760. The number of fused-ring (bicyclic) bond motifs is 10. The molecule has 0 amide bonds. The van der Waals surface area contributed by atoms with Gasteiger partial charge in [-0.2, -0.15) is 9.97 Å². The van der Waals surface area contributed by atoms with Gasteiger partial charge in [0.15, 0.2) is 11.6 Å². The lowest BCUT2D eigenvalue weighted by atomic mass is 9.99. The number of furan rings is 1. The number of rotatable bonds is 4. The molecular weight excluding hydrogens is 645 g/mol. The minimum atomic E-state index is -0.686. The Kier molecular flexibility index (Phi) is 4.19. The molecule has 0 aliphatic heterocycles. The predicted octanol–water partition coefficient (Wildman–Crippen LogP) is 12.2. The second-order valence-electron chi connectivity index (χ2n) is 11.9. The molecule has 0 aliphatic carbocycles. The van der Waals surface area contributed by atoms with Crippen LogP contribution in [0.15, 0.2) is 162 Å². The van der Waals surface area contributed by atoms with Crippen molar-refractivity contribution in [2.75, 3.05) is 0 Å². The summed E-state index contributed by atoms with van der Waals surface area (Å²) in [5.41, 5.74) is 0.654. The number of para-hydroxylation sites is 1. The Hall–Kier alpha value is -6.63. The quantitative estimate of drug-likeness (QED) is 0.185. The van der Waals surface area contributed by atoms with Gasteiger partial charge in [0.25, 0.3) is 0 Å². The SMILES string of the molecule is [2H]c1c([2H])c([2H])c(-c2c([2H])c([2H])c([2H])c3oc4c([2H])c(-c5nc(-c6ccccc6)nc(-n6c7ccccc7c7ccc8sc9ccccc9c8c76)n5)c([2H])c([2H])c4c23)c([2H])c1[2H]. The topological polar surface area (TPSA) is 56.7 Å². The van der Waals surface area contributed by atoms with Crippen LogP contribution in [0.5, 0.6) is 0 Å². The highest BCUT2D eigenvalue weighted by atomic mass is 32.1. The van der Waals surface area contributed by atoms with Crippen LogP contribution in [0.2, 0.25) is 0 Å². The Morgan fingerprint density at radius 3 is 2.20 bits per heavy atom. The zero-order valence-corrected chi connectivity index (χ0v) is 27.1. The van der Waals surface area contributed by atoms with E-state index in [1.165, 1.54) is 0 Å². The minimum Gasteiger partial charge on any atom is -0.456 e. The minimum absolute atomic E-state index is 0.118. The zero-order chi connectivity index (χ0) is 43.0. The number of nitrogens with zero attached hydrogens (tertiary/aromatic N) is 4. The number of aromatic nitrogens is 4. The van der Waals surface area contributed by atoms with Gasteiger partial charge in [-0.25, -0.2) is 4.98 Å². The summed E-state index contributed by atoms with van der Waals surface area (Å²) in [6.07, 6.45) is 0. The van der Waals surface area contributed by atoms with E-state index in [1.807, 2.05) is 71.3 Å². The standard InChI is InChI=1S/C45H26N4OS/c1-3-12-27(13-4-1)30-18-11-20-36-40(30)33-23-22-29(26-37(33)50-36)44-46-43(28-14-5-2-6-15-28)47-45(48-44)49-35-19-9-7-16-31(35)32-24-25-39-41(42(32)49)34-17-8-10-21-38(34)51-39/h1-26H/i1D,3D,4D,11D,12D,13D,18D,20D,22D,23D,26D. The molecule has 0 radical (unpaired) electrons. The molecule has 0 N–H and O–H groups in total. The van der Waals surface area contributed by atoms with Crippen LogP contribution in [0.4, 0.5) is 0 Å². The van der Waals surface area contributed by atoms with E-state index in [-0.39, 0.29) is 50.7 Å². The van der Waals surface area contributed by atoms with Crippen LogP contribution in [0, 0.1) is 0 Å². The van der Waals surface area contributed by atoms with Crippen LogP contribution in [0.3, 0.4) is 0 Å². The maximum Gasteiger partial charge on any atom is 0.238 e. The van der Waals surface area contributed by atoms with Crippen LogP contribution < -0.4 is 0 Å². The normalized spacial score (nSPS) is 14.9. The molecule has 0 spiro atoms. The number of thiophene rings is 1. The fourth-order valence-corrected chi connectivity index (χ4v) is 8.00. The molecule has 0 bridgehead atoms. The molecule has 11 rings (SSSR count). The van der Waals surface area contributed by atoms with E-state index in [0.29, 0.717) is 5.56 Å². The van der Waals surface area contributed by atoms with Crippen LogP contribution in [0.25, 0.3) is 104 Å². The third-order valence-corrected chi connectivity index (χ3v) is 10.2. The number of benzene rings is 7. The summed E-state index contributed by atoms with van der Waals surface area (Å²) in [4.78, 5) is 14.9. The van der Waals surface area contributed by atoms with Gasteiger partial charge in [-0.05, 0) is 47.5 Å². The fraction of sp³-hybridized carbons (Fsp3) is 0. The first-order valence-corrected chi connectivity index (χ1v) is 16.9. The molecule has 5 nitrogen and oxygen atoms in total. The van der Waals surface area contributed by atoms with E-state index in [9.17, 15) is 4.11 Å². The van der Waals surface area contributed by atoms with Crippen molar-refractivity contribution >= 4 is 75.3 Å². The van der Waals surface area contributed by atoms with Crippen LogP contribution >= 0.6 is 11.3 Å². The average molecular weight is 682 g/mol. The van der Waals surface area contributed by atoms with E-state index >= 15 is 0 Å². The first-order valence-electron chi connectivity index (χ1n) is 21.6. The van der Waals surface area contributed by atoms with Crippen molar-refractivity contribution in [2.45, 2.75) is 0 Å². The summed E-state index contributed by atoms with van der Waals surface area (Å²) in [5, 5.41) is 3.58. The smallest absolute Gasteiger partial charge is 0.238 e. The zero-order valence-electron chi connectivity index (χ0n) is 37.3. The van der Waals surface area contributed by atoms with Crippen molar-refractivity contribution in [3.8, 4) is 39.9 Å². The lowest BCUT2D eigenvalue weighted by Crippen LogP contribution is -2.06. The van der Waals surface area contributed by atoms with Gasteiger partial charge in [0, 0.05) is 52.8 Å². The van der Waals surface area contributed by atoms with Gasteiger partial charge >= 0.3 is 0 Å². The van der Waals surface area contributed by atoms with Crippen LogP contribution in [-0.2, 0) is 0 Å². The molecule has 0 atom stereocenters. The molecular formula is C45H26N4OS. The molecule has 7 aromatic carbocycles. The van der Waals surface area contributed by atoms with Crippen molar-refractivity contribution in [1.82, 2.24) is 19.5 Å². The molecule has 4 aromatic heterocycles. The van der Waals surface area contributed by atoms with E-state index in [4.69, 9.17) is 30.3 Å². The fourth-order valence-electron chi connectivity index (χ4n) is 6.89. The Balaban J connectivity index is 1.26. The second kappa shape index (κ2) is 10.9. The number of hydrogen-bond donors (Lipinski definition) is 0. The van der Waals surface area contributed by atoms with Gasteiger partial charge in [-0.1, -0.05) is 121 Å². The molecule has 4 heterocycles. The summed E-state index contributed by atoms with van der Waals surface area (Å²) in [6.45, 7) is 0. The van der Waals surface area contributed by atoms with Crippen molar-refractivity contribution in [1.29, 1.82) is 0 Å². The van der Waals surface area contributed by atoms with E-state index in [0.717, 1.165) is 42.0 Å². The monoisotopic (exact) mass is 681 g/mol. The summed E-state index contributed by atoms with van der Waals surface area (Å²) in [7, 11) is 0. The van der Waals surface area contributed by atoms with Gasteiger partial charge in [-0.15, -0.1) is 11.3 Å². The lowest BCUT2D eigenvalue weighted by Gasteiger charge is -2.11. The van der Waals surface area contributed by atoms with Crippen molar-refractivity contribution in [3.63, 3.8) is 0 Å². The van der Waals surface area contributed by atoms with E-state index in [2.05, 4.69) is 24.3 Å². The molecule has 0 fully saturated rings. The Labute approximate surface area is 311 Å². The molecule has 0 saturated carbocycles. The third kappa shape index (κ3) is 4.30. The van der Waals surface area contributed by atoms with E-state index in [1.54, 1.807) is 11.3 Å². The highest BCUT2D eigenvalue weighted by molar-refractivity contribution is 7.26. The van der Waals surface area contributed by atoms with Crippen molar-refractivity contribution in [2.24, 2.45) is 0 Å². The van der Waals surface area contributed by atoms with Crippen LogP contribution in [0.1, 0.15) is 15.1 Å². The first kappa shape index (κ1) is 19.5. The predicted molar refractivity (Wildman–Crippen MR) is 211 cm³/mol. The molecule has 6 heteroatoms. The summed E-state index contributed by atoms with van der Waals surface area (Å²) < 4.78 is 108. The highest BCUT2D eigenvalue weighted by Crippen LogP contribution is 2.43. The van der Waals surface area contributed by atoms with Gasteiger partial charge < -0.3 is 4.42 Å². The van der Waals surface area contributed by atoms with Crippen molar-refractivity contribution in [3.05, 3.63) is 157 Å². The third-order valence-electron chi connectivity index (χ3n) is 9.08. The Morgan fingerprint density at radius 1 is 0.529 bits per heavy atom. The Morgan fingerprint density at radius 2 is 1.31 bits per heavy atom. The first-order chi connectivity index (χ1) is 29.9. The lowest BCUT2D eigenvalue weighted by molar-refractivity contribution is 0.669. The summed E-state index contributed by atoms with van der Waals surface area (Å²) in [6, 6.07) is 22.7. The number of hydrogen-bond acceptors (Lipinski definition) is 5. The van der Waals surface area contributed by atoms with Crippen molar-refractivity contribution < 1.29 is 19.5 Å². The van der Waals surface area contributed by atoms with Gasteiger partial charge in [0.1, 0.15) is 11.2 Å². The molecule has 238 valence electrons. The van der Waals surface area contributed by atoms with E-state index < -0.39 is 72.0 Å².